The minimum atomic E-state index is -3.19. The summed E-state index contributed by atoms with van der Waals surface area (Å²) in [5, 5.41) is 3.98. The van der Waals surface area contributed by atoms with Crippen molar-refractivity contribution in [1.29, 1.82) is 0 Å². The molecule has 2 rings (SSSR count). The summed E-state index contributed by atoms with van der Waals surface area (Å²) in [5.41, 5.74) is 1.58. The number of hydrogen-bond acceptors (Lipinski definition) is 5. The molecule has 0 fully saturated rings. The zero-order valence-electron chi connectivity index (χ0n) is 13.4. The largest absolute Gasteiger partial charge is 0.497 e. The van der Waals surface area contributed by atoms with Crippen LogP contribution >= 0.6 is 0 Å². The van der Waals surface area contributed by atoms with Gasteiger partial charge in [0.1, 0.15) is 5.75 Å². The van der Waals surface area contributed by atoms with Gasteiger partial charge in [0.25, 0.3) is 0 Å². The minimum Gasteiger partial charge on any atom is -0.497 e. The van der Waals surface area contributed by atoms with Crippen molar-refractivity contribution in [3.05, 3.63) is 36.0 Å². The highest BCUT2D eigenvalue weighted by Gasteiger charge is 2.11. The van der Waals surface area contributed by atoms with Crippen LogP contribution in [0.15, 0.2) is 34.9 Å². The summed E-state index contributed by atoms with van der Waals surface area (Å²) in [4.78, 5) is 0. The fourth-order valence-corrected chi connectivity index (χ4v) is 3.31. The van der Waals surface area contributed by atoms with Crippen LogP contribution in [0.25, 0.3) is 11.3 Å². The highest BCUT2D eigenvalue weighted by molar-refractivity contribution is 7.89. The maximum absolute atomic E-state index is 11.7. The number of nitrogens with one attached hydrogen (secondary N) is 1. The van der Waals surface area contributed by atoms with Gasteiger partial charge in [-0.2, -0.15) is 0 Å². The fourth-order valence-electron chi connectivity index (χ4n) is 2.08. The number of benzene rings is 1. The van der Waals surface area contributed by atoms with Crippen molar-refractivity contribution < 1.29 is 17.7 Å². The Morgan fingerprint density at radius 2 is 2.13 bits per heavy atom. The van der Waals surface area contributed by atoms with Gasteiger partial charge in [-0.15, -0.1) is 0 Å². The lowest BCUT2D eigenvalue weighted by Crippen LogP contribution is -2.28. The maximum Gasteiger partial charge on any atom is 0.211 e. The number of nitrogens with zero attached hydrogens (tertiary/aromatic N) is 1. The number of methoxy groups -OCH3 is 1. The predicted molar refractivity (Wildman–Crippen MR) is 88.9 cm³/mol. The molecule has 0 amide bonds. The standard InChI is InChI=1S/C16H22N2O4S/c1-3-4-10-23(19,20)17-9-8-14-12-16(22-18-14)13-6-5-7-15(11-13)21-2/h5-7,11-12,17H,3-4,8-10H2,1-2H3. The first-order valence-electron chi connectivity index (χ1n) is 7.61. The van der Waals surface area contributed by atoms with Crippen LogP contribution in [0.4, 0.5) is 0 Å². The highest BCUT2D eigenvalue weighted by Crippen LogP contribution is 2.24. The van der Waals surface area contributed by atoms with Crippen molar-refractivity contribution in [2.75, 3.05) is 19.4 Å². The Morgan fingerprint density at radius 3 is 2.87 bits per heavy atom. The molecule has 0 unspecified atom stereocenters. The zero-order valence-corrected chi connectivity index (χ0v) is 14.2. The van der Waals surface area contributed by atoms with Crippen LogP contribution in [0.2, 0.25) is 0 Å². The quantitative estimate of drug-likeness (QED) is 0.760. The van der Waals surface area contributed by atoms with Gasteiger partial charge in [-0.05, 0) is 18.6 Å². The van der Waals surface area contributed by atoms with Gasteiger partial charge in [0.05, 0.1) is 18.6 Å². The Bertz CT molecular complexity index is 725. The maximum atomic E-state index is 11.7. The summed E-state index contributed by atoms with van der Waals surface area (Å²) in [6.45, 7) is 2.28. The van der Waals surface area contributed by atoms with E-state index in [1.807, 2.05) is 37.3 Å². The molecule has 6 nitrogen and oxygen atoms in total. The van der Waals surface area contributed by atoms with E-state index in [0.717, 1.165) is 17.7 Å². The Hall–Kier alpha value is -1.86. The summed E-state index contributed by atoms with van der Waals surface area (Å²) < 4.78 is 36.5. The van der Waals surface area contributed by atoms with Crippen molar-refractivity contribution in [1.82, 2.24) is 9.88 Å². The van der Waals surface area contributed by atoms with Crippen LogP contribution in [-0.2, 0) is 16.4 Å². The second-order valence-electron chi connectivity index (χ2n) is 5.23. The second kappa shape index (κ2) is 8.12. The highest BCUT2D eigenvalue weighted by atomic mass is 32.2. The summed E-state index contributed by atoms with van der Waals surface area (Å²) in [6.07, 6.45) is 2.01. The van der Waals surface area contributed by atoms with E-state index in [9.17, 15) is 8.42 Å². The molecule has 1 N–H and O–H groups in total. The molecule has 0 atom stereocenters. The summed E-state index contributed by atoms with van der Waals surface area (Å²) >= 11 is 0. The minimum absolute atomic E-state index is 0.164. The molecule has 0 spiro atoms. The van der Waals surface area contributed by atoms with Crippen molar-refractivity contribution in [2.45, 2.75) is 26.2 Å². The van der Waals surface area contributed by atoms with Crippen LogP contribution in [0.3, 0.4) is 0 Å². The smallest absolute Gasteiger partial charge is 0.211 e. The number of sulfonamides is 1. The van der Waals surface area contributed by atoms with Gasteiger partial charge in [0.2, 0.25) is 10.0 Å². The lowest BCUT2D eigenvalue weighted by molar-refractivity contribution is 0.412. The Kier molecular flexibility index (Phi) is 6.18. The number of hydrogen-bond donors (Lipinski definition) is 1. The van der Waals surface area contributed by atoms with E-state index >= 15 is 0 Å². The van der Waals surface area contributed by atoms with E-state index in [0.29, 0.717) is 30.8 Å². The first-order chi connectivity index (χ1) is 11.0. The molecule has 1 aromatic carbocycles. The van der Waals surface area contributed by atoms with E-state index in [1.54, 1.807) is 7.11 Å². The molecule has 0 radical (unpaired) electrons. The van der Waals surface area contributed by atoms with Crippen molar-refractivity contribution >= 4 is 10.0 Å². The molecule has 126 valence electrons. The first-order valence-corrected chi connectivity index (χ1v) is 9.26. The lowest BCUT2D eigenvalue weighted by Gasteiger charge is -2.04. The third-order valence-electron chi connectivity index (χ3n) is 3.38. The SMILES string of the molecule is CCCCS(=O)(=O)NCCc1cc(-c2cccc(OC)c2)on1. The predicted octanol–water partition coefficient (Wildman–Crippen LogP) is 2.61. The van der Waals surface area contributed by atoms with Crippen molar-refractivity contribution in [3.63, 3.8) is 0 Å². The summed E-state index contributed by atoms with van der Waals surface area (Å²) in [6, 6.07) is 9.30. The molecule has 7 heteroatoms. The molecule has 0 aliphatic rings. The van der Waals surface area contributed by atoms with Gasteiger partial charge in [0, 0.05) is 24.6 Å². The van der Waals surface area contributed by atoms with Gasteiger partial charge >= 0.3 is 0 Å². The van der Waals surface area contributed by atoms with Crippen molar-refractivity contribution in [2.24, 2.45) is 0 Å². The average Bonchev–Trinajstić information content (AvgIpc) is 3.02. The normalized spacial score (nSPS) is 11.6. The molecule has 23 heavy (non-hydrogen) atoms. The molecular weight excluding hydrogens is 316 g/mol. The van der Waals surface area contributed by atoms with E-state index in [4.69, 9.17) is 9.26 Å². The number of ether oxygens (including phenoxy) is 1. The van der Waals surface area contributed by atoms with Gasteiger partial charge in [0.15, 0.2) is 5.76 Å². The topological polar surface area (TPSA) is 81.4 Å². The monoisotopic (exact) mass is 338 g/mol. The molecule has 0 bridgehead atoms. The summed E-state index contributed by atoms with van der Waals surface area (Å²) in [7, 11) is -1.59. The van der Waals surface area contributed by atoms with Gasteiger partial charge in [-0.3, -0.25) is 0 Å². The third kappa shape index (κ3) is 5.37. The van der Waals surface area contributed by atoms with Gasteiger partial charge in [-0.1, -0.05) is 30.6 Å². The van der Waals surface area contributed by atoms with E-state index in [1.165, 1.54) is 0 Å². The zero-order chi connectivity index (χ0) is 16.7. The van der Waals surface area contributed by atoms with E-state index < -0.39 is 10.0 Å². The second-order valence-corrected chi connectivity index (χ2v) is 7.16. The lowest BCUT2D eigenvalue weighted by atomic mass is 10.1. The molecule has 1 aromatic heterocycles. The fraction of sp³-hybridized carbons (Fsp3) is 0.438. The average molecular weight is 338 g/mol. The van der Waals surface area contributed by atoms with Gasteiger partial charge < -0.3 is 9.26 Å². The number of rotatable bonds is 9. The molecule has 2 aromatic rings. The first kappa shape index (κ1) is 17.5. The van der Waals surface area contributed by atoms with Crippen molar-refractivity contribution in [3.8, 4) is 17.1 Å². The van der Waals surface area contributed by atoms with Crippen LogP contribution in [0.5, 0.6) is 5.75 Å². The van der Waals surface area contributed by atoms with Gasteiger partial charge in [-0.25, -0.2) is 13.1 Å². The number of unbranched alkanes of at least 4 members (excludes halogenated alkanes) is 1. The van der Waals surface area contributed by atoms with Crippen LogP contribution in [0.1, 0.15) is 25.5 Å². The molecule has 1 heterocycles. The molecular formula is C16H22N2O4S. The Balaban J connectivity index is 1.92. The van der Waals surface area contributed by atoms with Crippen LogP contribution < -0.4 is 9.46 Å². The molecule has 0 aliphatic carbocycles. The van der Waals surface area contributed by atoms with E-state index in [-0.39, 0.29) is 5.75 Å². The van der Waals surface area contributed by atoms with Crippen LogP contribution in [0, 0.1) is 0 Å². The molecule has 0 aliphatic heterocycles. The number of aromatic nitrogens is 1. The molecule has 0 saturated heterocycles. The van der Waals surface area contributed by atoms with E-state index in [2.05, 4.69) is 9.88 Å². The summed E-state index contributed by atoms with van der Waals surface area (Å²) in [5.74, 6) is 1.54. The third-order valence-corrected chi connectivity index (χ3v) is 4.85. The van der Waals surface area contributed by atoms with Crippen LogP contribution in [-0.4, -0.2) is 33.0 Å². The Morgan fingerprint density at radius 1 is 1.30 bits per heavy atom. The molecule has 0 saturated carbocycles. The Labute approximate surface area is 136 Å².